The van der Waals surface area contributed by atoms with Gasteiger partial charge in [0.25, 0.3) is 0 Å². The highest BCUT2D eigenvalue weighted by atomic mass is 31.2. The first-order valence-corrected chi connectivity index (χ1v) is 6.48. The molecule has 0 amide bonds. The van der Waals surface area contributed by atoms with Crippen molar-refractivity contribution in [3.63, 3.8) is 0 Å². The van der Waals surface area contributed by atoms with Gasteiger partial charge in [0.15, 0.2) is 0 Å². The molecule has 1 aromatic rings. The molecule has 0 saturated carbocycles. The molecule has 2 rings (SSSR count). The Morgan fingerprint density at radius 3 is 2.44 bits per heavy atom. The van der Waals surface area contributed by atoms with Crippen molar-refractivity contribution >= 4 is 8.17 Å². The lowest BCUT2D eigenvalue weighted by Gasteiger charge is -2.31. The quantitative estimate of drug-likeness (QED) is 0.785. The SMILES string of the molecule is O[P]1(O)OCC(OCc2ccccc2)CO1. The Bertz CT molecular complexity index is 319. The van der Waals surface area contributed by atoms with Crippen LogP contribution in [0.25, 0.3) is 0 Å². The van der Waals surface area contributed by atoms with Crippen LogP contribution in [0.2, 0.25) is 0 Å². The molecule has 1 fully saturated rings. The summed E-state index contributed by atoms with van der Waals surface area (Å²) in [4.78, 5) is 18.1. The van der Waals surface area contributed by atoms with Gasteiger partial charge in [0.1, 0.15) is 6.10 Å². The van der Waals surface area contributed by atoms with E-state index >= 15 is 0 Å². The molecule has 1 saturated heterocycles. The summed E-state index contributed by atoms with van der Waals surface area (Å²) in [6, 6.07) is 9.72. The van der Waals surface area contributed by atoms with Crippen molar-refractivity contribution < 1.29 is 23.6 Å². The molecule has 0 aliphatic carbocycles. The topological polar surface area (TPSA) is 68.2 Å². The maximum atomic E-state index is 9.04. The normalized spacial score (nSPS) is 20.9. The highest BCUT2D eigenvalue weighted by Gasteiger charge is 2.33. The second kappa shape index (κ2) is 5.19. The first-order valence-electron chi connectivity index (χ1n) is 4.95. The van der Waals surface area contributed by atoms with Crippen LogP contribution in [-0.2, 0) is 20.4 Å². The van der Waals surface area contributed by atoms with Gasteiger partial charge < -0.3 is 14.5 Å². The van der Waals surface area contributed by atoms with Crippen LogP contribution in [0.5, 0.6) is 0 Å². The molecule has 5 nitrogen and oxygen atoms in total. The summed E-state index contributed by atoms with van der Waals surface area (Å²) in [5.41, 5.74) is 1.06. The van der Waals surface area contributed by atoms with E-state index in [2.05, 4.69) is 0 Å². The van der Waals surface area contributed by atoms with Gasteiger partial charge in [-0.3, -0.25) is 9.05 Å². The van der Waals surface area contributed by atoms with Crippen molar-refractivity contribution in [1.82, 2.24) is 0 Å². The summed E-state index contributed by atoms with van der Waals surface area (Å²) in [5, 5.41) is 0. The molecule has 0 unspecified atom stereocenters. The van der Waals surface area contributed by atoms with Crippen LogP contribution in [0.15, 0.2) is 30.3 Å². The summed E-state index contributed by atoms with van der Waals surface area (Å²) >= 11 is 0. The fraction of sp³-hybridized carbons (Fsp3) is 0.400. The highest BCUT2D eigenvalue weighted by Crippen LogP contribution is 2.54. The van der Waals surface area contributed by atoms with E-state index in [0.29, 0.717) is 6.61 Å². The van der Waals surface area contributed by atoms with E-state index in [0.717, 1.165) is 5.56 Å². The summed E-state index contributed by atoms with van der Waals surface area (Å²) in [6.07, 6.45) is -0.257. The van der Waals surface area contributed by atoms with Crippen molar-refractivity contribution in [3.8, 4) is 0 Å². The van der Waals surface area contributed by atoms with Gasteiger partial charge in [-0.05, 0) is 5.56 Å². The van der Waals surface area contributed by atoms with E-state index in [1.807, 2.05) is 30.3 Å². The molecule has 1 aliphatic rings. The molecule has 0 atom stereocenters. The number of hydrogen-bond donors (Lipinski definition) is 2. The molecule has 1 radical (unpaired) electrons. The van der Waals surface area contributed by atoms with Crippen LogP contribution >= 0.6 is 8.17 Å². The van der Waals surface area contributed by atoms with Gasteiger partial charge in [-0.25, -0.2) is 0 Å². The van der Waals surface area contributed by atoms with Crippen LogP contribution in [0.1, 0.15) is 5.56 Å². The van der Waals surface area contributed by atoms with E-state index in [4.69, 9.17) is 23.6 Å². The minimum absolute atomic E-state index is 0.146. The van der Waals surface area contributed by atoms with Gasteiger partial charge in [-0.15, -0.1) is 0 Å². The molecule has 1 heterocycles. The molecule has 6 heteroatoms. The minimum Gasteiger partial charge on any atom is -0.369 e. The van der Waals surface area contributed by atoms with Gasteiger partial charge in [-0.2, -0.15) is 0 Å². The summed E-state index contributed by atoms with van der Waals surface area (Å²) in [5.74, 6) is 0. The van der Waals surface area contributed by atoms with Gasteiger partial charge in [0.05, 0.1) is 19.8 Å². The third-order valence-corrected chi connectivity index (χ3v) is 3.16. The number of benzene rings is 1. The third-order valence-electron chi connectivity index (χ3n) is 2.19. The lowest BCUT2D eigenvalue weighted by Crippen LogP contribution is -2.30. The van der Waals surface area contributed by atoms with E-state index < -0.39 is 8.17 Å². The fourth-order valence-electron chi connectivity index (χ4n) is 1.33. The zero-order valence-corrected chi connectivity index (χ0v) is 9.55. The Hall–Kier alpha value is -0.550. The predicted octanol–water partition coefficient (Wildman–Crippen LogP) is 1.28. The second-order valence-electron chi connectivity index (χ2n) is 3.50. The summed E-state index contributed by atoms with van der Waals surface area (Å²) in [7, 11) is -3.55. The molecule has 0 bridgehead atoms. The number of ether oxygens (including phenoxy) is 1. The largest absolute Gasteiger partial charge is 0.375 e. The van der Waals surface area contributed by atoms with Crippen molar-refractivity contribution in [2.75, 3.05) is 13.2 Å². The van der Waals surface area contributed by atoms with E-state index in [9.17, 15) is 0 Å². The monoisotopic (exact) mass is 245 g/mol. The van der Waals surface area contributed by atoms with E-state index in [1.54, 1.807) is 0 Å². The van der Waals surface area contributed by atoms with Crippen LogP contribution in [0.4, 0.5) is 0 Å². The van der Waals surface area contributed by atoms with Crippen molar-refractivity contribution in [1.29, 1.82) is 0 Å². The Balaban J connectivity index is 1.76. The Morgan fingerprint density at radius 2 is 1.81 bits per heavy atom. The summed E-state index contributed by atoms with van der Waals surface area (Å²) < 4.78 is 15.0. The summed E-state index contributed by atoms with van der Waals surface area (Å²) in [6.45, 7) is 0.752. The fourth-order valence-corrected chi connectivity index (χ4v) is 2.13. The van der Waals surface area contributed by atoms with Crippen molar-refractivity contribution in [2.45, 2.75) is 12.7 Å². The lowest BCUT2D eigenvalue weighted by atomic mass is 10.2. The smallest absolute Gasteiger partial charge is 0.369 e. The minimum atomic E-state index is -3.55. The maximum absolute atomic E-state index is 9.04. The van der Waals surface area contributed by atoms with Crippen LogP contribution < -0.4 is 0 Å². The van der Waals surface area contributed by atoms with E-state index in [-0.39, 0.29) is 19.3 Å². The zero-order valence-electron chi connectivity index (χ0n) is 8.65. The van der Waals surface area contributed by atoms with Gasteiger partial charge >= 0.3 is 8.17 Å². The number of hydrogen-bond acceptors (Lipinski definition) is 5. The molecule has 1 aliphatic heterocycles. The van der Waals surface area contributed by atoms with Crippen molar-refractivity contribution in [2.24, 2.45) is 0 Å². The molecule has 0 aromatic heterocycles. The zero-order chi connectivity index (χ0) is 11.4. The second-order valence-corrected chi connectivity index (χ2v) is 5.00. The van der Waals surface area contributed by atoms with Gasteiger partial charge in [0.2, 0.25) is 0 Å². The molecule has 2 N–H and O–H groups in total. The standard InChI is InChI=1S/C10H14O5P/c11-16(12)14-7-10(8-15-16)13-6-9-4-2-1-3-5-9/h1-5,10-12H,6-8H2. The van der Waals surface area contributed by atoms with Gasteiger partial charge in [-0.1, -0.05) is 30.3 Å². The van der Waals surface area contributed by atoms with E-state index in [1.165, 1.54) is 0 Å². The van der Waals surface area contributed by atoms with Gasteiger partial charge in [0, 0.05) is 0 Å². The highest BCUT2D eigenvalue weighted by molar-refractivity contribution is 7.54. The molecular weight excluding hydrogens is 231 g/mol. The van der Waals surface area contributed by atoms with Crippen LogP contribution in [0.3, 0.4) is 0 Å². The average molecular weight is 245 g/mol. The predicted molar refractivity (Wildman–Crippen MR) is 58.3 cm³/mol. The van der Waals surface area contributed by atoms with Crippen LogP contribution in [-0.4, -0.2) is 29.1 Å². The Morgan fingerprint density at radius 1 is 1.19 bits per heavy atom. The molecule has 16 heavy (non-hydrogen) atoms. The molecular formula is C10H14O5P. The lowest BCUT2D eigenvalue weighted by molar-refractivity contribution is -0.0658. The first kappa shape index (κ1) is 11.9. The molecule has 89 valence electrons. The third kappa shape index (κ3) is 3.49. The number of rotatable bonds is 3. The Kier molecular flexibility index (Phi) is 3.86. The molecule has 0 spiro atoms. The molecule has 1 aromatic carbocycles. The first-order chi connectivity index (χ1) is 7.66. The average Bonchev–Trinajstić information content (AvgIpc) is 2.29. The Labute approximate surface area is 94.2 Å². The van der Waals surface area contributed by atoms with Crippen molar-refractivity contribution in [3.05, 3.63) is 35.9 Å². The maximum Gasteiger partial charge on any atom is 0.375 e. The van der Waals surface area contributed by atoms with Crippen LogP contribution in [0, 0.1) is 0 Å².